The van der Waals surface area contributed by atoms with Crippen molar-refractivity contribution in [3.05, 3.63) is 0 Å². The van der Waals surface area contributed by atoms with Gasteiger partial charge in [0.25, 0.3) is 0 Å². The molecule has 0 saturated heterocycles. The highest BCUT2D eigenvalue weighted by molar-refractivity contribution is 8.39. The Labute approximate surface area is 71.5 Å². The second kappa shape index (κ2) is 3.91. The lowest BCUT2D eigenvalue weighted by atomic mass is 10.6. The third-order valence-electron chi connectivity index (χ3n) is 1.57. The average molecular weight is 196 g/mol. The maximum atomic E-state index is 5.24. The van der Waals surface area contributed by atoms with Gasteiger partial charge in [-0.1, -0.05) is 6.92 Å². The molecule has 0 aliphatic carbocycles. The zero-order chi connectivity index (χ0) is 8.98. The first-order valence-electron chi connectivity index (χ1n) is 3.42. The van der Waals surface area contributed by atoms with Crippen LogP contribution < -0.4 is 0 Å². The SMILES string of the molecule is CCCS(=[Si])(OC)(OC)OC. The van der Waals surface area contributed by atoms with Gasteiger partial charge < -0.3 is 12.5 Å². The molecule has 0 N–H and O–H groups in total. The van der Waals surface area contributed by atoms with E-state index in [1.165, 1.54) is 0 Å². The minimum absolute atomic E-state index is 0.734. The first-order chi connectivity index (χ1) is 5.04. The van der Waals surface area contributed by atoms with Crippen LogP contribution in [0.25, 0.3) is 0 Å². The summed E-state index contributed by atoms with van der Waals surface area (Å²) < 4.78 is 15.7. The first kappa shape index (κ1) is 11.4. The molecule has 2 radical (unpaired) electrons. The second-order valence-electron chi connectivity index (χ2n) is 2.16. The molecule has 0 fully saturated rings. The Kier molecular flexibility index (Phi) is 4.07. The summed E-state index contributed by atoms with van der Waals surface area (Å²) in [6.07, 6.45) is 0.945. The van der Waals surface area contributed by atoms with Gasteiger partial charge >= 0.3 is 0 Å². The predicted octanol–water partition coefficient (Wildman–Crippen LogP) is 1.50. The summed E-state index contributed by atoms with van der Waals surface area (Å²) in [4.78, 5) is 0. The Bertz CT molecular complexity index is 159. The van der Waals surface area contributed by atoms with Crippen molar-refractivity contribution >= 4 is 18.0 Å². The van der Waals surface area contributed by atoms with Gasteiger partial charge in [0.15, 0.2) is 8.95 Å². The van der Waals surface area contributed by atoms with Crippen LogP contribution in [0.15, 0.2) is 0 Å². The summed E-state index contributed by atoms with van der Waals surface area (Å²) in [6.45, 7) is 2.05. The molecule has 0 aliphatic rings. The molecule has 0 aromatic heterocycles. The van der Waals surface area contributed by atoms with Gasteiger partial charge in [-0.25, -0.2) is 0 Å². The fourth-order valence-corrected chi connectivity index (χ4v) is 3.03. The fraction of sp³-hybridized carbons (Fsp3) is 1.00. The molecule has 0 amide bonds. The zero-order valence-corrected chi connectivity index (χ0v) is 9.36. The van der Waals surface area contributed by atoms with E-state index in [0.717, 1.165) is 12.2 Å². The van der Waals surface area contributed by atoms with Crippen LogP contribution in [0.4, 0.5) is 0 Å². The molecule has 11 heavy (non-hydrogen) atoms. The molecule has 0 bridgehead atoms. The van der Waals surface area contributed by atoms with Crippen LogP contribution in [-0.4, -0.2) is 36.0 Å². The molecule has 68 valence electrons. The van der Waals surface area contributed by atoms with Crippen molar-refractivity contribution in [1.29, 1.82) is 0 Å². The van der Waals surface area contributed by atoms with E-state index in [1.54, 1.807) is 21.3 Å². The smallest absolute Gasteiger partial charge is 0.153 e. The predicted molar refractivity (Wildman–Crippen MR) is 49.5 cm³/mol. The molecule has 5 heteroatoms. The molecule has 0 saturated carbocycles. The minimum atomic E-state index is -2.63. The van der Waals surface area contributed by atoms with Crippen LogP contribution in [-0.2, 0) is 12.5 Å². The second-order valence-corrected chi connectivity index (χ2v) is 7.83. The van der Waals surface area contributed by atoms with E-state index >= 15 is 0 Å². The molecular weight excluding hydrogens is 180 g/mol. The topological polar surface area (TPSA) is 27.7 Å². The molecule has 0 unspecified atom stereocenters. The molecule has 0 heterocycles. The third-order valence-corrected chi connectivity index (χ3v) is 6.82. The van der Waals surface area contributed by atoms with Crippen molar-refractivity contribution in [3.63, 3.8) is 0 Å². The third kappa shape index (κ3) is 2.45. The molecule has 0 aliphatic heterocycles. The van der Waals surface area contributed by atoms with Crippen molar-refractivity contribution in [1.82, 2.24) is 0 Å². The van der Waals surface area contributed by atoms with Crippen LogP contribution in [0, 0.1) is 0 Å². The fourth-order valence-electron chi connectivity index (χ4n) is 0.806. The Morgan fingerprint density at radius 3 is 1.55 bits per heavy atom. The largest absolute Gasteiger partial charge is 0.308 e. The maximum absolute atomic E-state index is 5.24. The van der Waals surface area contributed by atoms with Crippen LogP contribution in [0.5, 0.6) is 0 Å². The molecule has 0 atom stereocenters. The van der Waals surface area contributed by atoms with Gasteiger partial charge in [0.2, 0.25) is 0 Å². The normalized spacial score (nSPS) is 15.8. The van der Waals surface area contributed by atoms with E-state index in [4.69, 9.17) is 12.5 Å². The Balaban J connectivity index is 4.60. The van der Waals surface area contributed by atoms with Crippen molar-refractivity contribution in [2.24, 2.45) is 0 Å². The molecule has 3 nitrogen and oxygen atoms in total. The summed E-state index contributed by atoms with van der Waals surface area (Å²) in [7, 11) is 5.56. The van der Waals surface area contributed by atoms with Crippen molar-refractivity contribution in [2.45, 2.75) is 13.3 Å². The molecule has 0 rings (SSSR count). The van der Waals surface area contributed by atoms with Crippen LogP contribution in [0.1, 0.15) is 13.3 Å². The Hall–Kier alpha value is 0.447. The number of hydrogen-bond donors (Lipinski definition) is 0. The lowest BCUT2D eigenvalue weighted by Gasteiger charge is -2.44. The zero-order valence-electron chi connectivity index (χ0n) is 7.55. The van der Waals surface area contributed by atoms with E-state index in [9.17, 15) is 0 Å². The van der Waals surface area contributed by atoms with E-state index < -0.39 is 9.00 Å². The van der Waals surface area contributed by atoms with Crippen molar-refractivity contribution in [3.8, 4) is 0 Å². The lowest BCUT2D eigenvalue weighted by Crippen LogP contribution is -2.18. The molecule has 0 aromatic rings. The first-order valence-corrected chi connectivity index (χ1v) is 6.63. The van der Waals surface area contributed by atoms with Crippen molar-refractivity contribution in [2.75, 3.05) is 27.1 Å². The average Bonchev–Trinajstić information content (AvgIpc) is 2.06. The van der Waals surface area contributed by atoms with E-state index in [1.807, 2.05) is 6.92 Å². The van der Waals surface area contributed by atoms with Crippen LogP contribution in [0.3, 0.4) is 0 Å². The summed E-state index contributed by atoms with van der Waals surface area (Å²) >= 11 is 0. The van der Waals surface area contributed by atoms with E-state index in [0.29, 0.717) is 0 Å². The highest BCUT2D eigenvalue weighted by Crippen LogP contribution is 2.58. The molecule has 0 aromatic carbocycles. The number of rotatable bonds is 5. The van der Waals surface area contributed by atoms with E-state index in [2.05, 4.69) is 8.95 Å². The monoisotopic (exact) mass is 196 g/mol. The van der Waals surface area contributed by atoms with E-state index in [-0.39, 0.29) is 0 Å². The van der Waals surface area contributed by atoms with Gasteiger partial charge in [0.1, 0.15) is 0 Å². The summed E-state index contributed by atoms with van der Waals surface area (Å²) in [5, 5.41) is 0. The Morgan fingerprint density at radius 2 is 1.45 bits per heavy atom. The highest BCUT2D eigenvalue weighted by atomic mass is 32.4. The lowest BCUT2D eigenvalue weighted by molar-refractivity contribution is 0.243. The summed E-state index contributed by atoms with van der Waals surface area (Å²) in [5.41, 5.74) is 0. The molecular formula is C6H16O3SSi. The van der Waals surface area contributed by atoms with Gasteiger partial charge in [-0.05, 0) is 15.4 Å². The van der Waals surface area contributed by atoms with Gasteiger partial charge in [0.05, 0.1) is 21.3 Å². The van der Waals surface area contributed by atoms with Crippen molar-refractivity contribution < 1.29 is 12.5 Å². The van der Waals surface area contributed by atoms with Gasteiger partial charge in [0, 0.05) is 5.75 Å². The highest BCUT2D eigenvalue weighted by Gasteiger charge is 2.26. The van der Waals surface area contributed by atoms with Gasteiger partial charge in [-0.3, -0.25) is 0 Å². The quantitative estimate of drug-likeness (QED) is 0.624. The standard InChI is InChI=1S/C6H16O3SSi/c1-5-6-10(11,7-2,8-3)9-4/h5-6H2,1-4H3. The molecule has 0 spiro atoms. The summed E-state index contributed by atoms with van der Waals surface area (Å²) in [5.74, 6) is 0.734. The summed E-state index contributed by atoms with van der Waals surface area (Å²) in [6, 6.07) is 0. The van der Waals surface area contributed by atoms with Crippen LogP contribution in [0.2, 0.25) is 0 Å². The van der Waals surface area contributed by atoms with Crippen LogP contribution >= 0.6 is 9.00 Å². The minimum Gasteiger partial charge on any atom is -0.308 e. The Morgan fingerprint density at radius 1 is 1.09 bits per heavy atom. The van der Waals surface area contributed by atoms with Gasteiger partial charge in [-0.2, -0.15) is 0 Å². The number of hydrogen-bond acceptors (Lipinski definition) is 3. The van der Waals surface area contributed by atoms with Gasteiger partial charge in [-0.15, -0.1) is 0 Å². The maximum Gasteiger partial charge on any atom is 0.153 e.